The first kappa shape index (κ1) is 17.2. The molecule has 0 aliphatic rings. The molecule has 0 spiro atoms. The summed E-state index contributed by atoms with van der Waals surface area (Å²) in [5, 5.41) is 8.84. The molecule has 0 bridgehead atoms. The summed E-state index contributed by atoms with van der Waals surface area (Å²) in [5.74, 6) is 0. The molecule has 0 heterocycles. The lowest BCUT2D eigenvalue weighted by Gasteiger charge is -2.00. The second-order valence-corrected chi connectivity index (χ2v) is 5.75. The Balaban J connectivity index is 1.82. The average molecular weight is 325 g/mol. The highest BCUT2D eigenvalue weighted by atomic mass is 35.5. The average Bonchev–Trinajstić information content (AvgIpc) is 2.58. The third kappa shape index (κ3) is 6.62. The Morgan fingerprint density at radius 1 is 0.826 bits per heavy atom. The number of hydrogen-bond acceptors (Lipinski definition) is 2. The van der Waals surface area contributed by atoms with Gasteiger partial charge in [0.25, 0.3) is 0 Å². The van der Waals surface area contributed by atoms with E-state index in [1.807, 2.05) is 30.3 Å². The zero-order valence-electron chi connectivity index (χ0n) is 13.2. The lowest BCUT2D eigenvalue weighted by Crippen LogP contribution is -1.87. The van der Waals surface area contributed by atoms with Gasteiger partial charge in [0.15, 0.2) is 0 Å². The first-order valence-corrected chi connectivity index (χ1v) is 8.17. The molecule has 0 fully saturated rings. The van der Waals surface area contributed by atoms with E-state index >= 15 is 0 Å². The Morgan fingerprint density at radius 2 is 1.39 bits per heavy atom. The van der Waals surface area contributed by atoms with Crippen molar-refractivity contribution in [3.8, 4) is 0 Å². The van der Waals surface area contributed by atoms with Gasteiger partial charge in [-0.1, -0.05) is 54.1 Å². The van der Waals surface area contributed by atoms with Gasteiger partial charge in [0.1, 0.15) is 0 Å². The molecule has 0 amide bonds. The van der Waals surface area contributed by atoms with Crippen LogP contribution in [0.4, 0.5) is 0 Å². The van der Waals surface area contributed by atoms with E-state index in [1.54, 1.807) is 12.4 Å². The summed E-state index contributed by atoms with van der Waals surface area (Å²) in [6, 6.07) is 15.9. The summed E-state index contributed by atoms with van der Waals surface area (Å²) in [7, 11) is 0. The van der Waals surface area contributed by atoms with E-state index in [-0.39, 0.29) is 0 Å². The second kappa shape index (κ2) is 9.75. The first-order chi connectivity index (χ1) is 11.3. The van der Waals surface area contributed by atoms with Crippen LogP contribution >= 0.6 is 11.6 Å². The minimum atomic E-state index is 0.718. The summed E-state index contributed by atoms with van der Waals surface area (Å²) >= 11 is 5.83. The van der Waals surface area contributed by atoms with E-state index in [1.165, 1.54) is 18.4 Å². The number of aryl methyl sites for hydroxylation is 1. The third-order valence-electron chi connectivity index (χ3n) is 3.45. The maximum atomic E-state index is 5.83. The van der Waals surface area contributed by atoms with Crippen LogP contribution in [0.15, 0.2) is 71.4 Å². The zero-order valence-corrected chi connectivity index (χ0v) is 13.9. The molecule has 2 aromatic carbocycles. The van der Waals surface area contributed by atoms with Gasteiger partial charge in [-0.2, -0.15) is 10.2 Å². The molecule has 3 heteroatoms. The van der Waals surface area contributed by atoms with Crippen LogP contribution in [0.3, 0.4) is 0 Å². The molecule has 2 nitrogen and oxygen atoms in total. The second-order valence-electron chi connectivity index (χ2n) is 5.32. The number of nitrogens with zero attached hydrogens (tertiary/aromatic N) is 2. The fourth-order valence-corrected chi connectivity index (χ4v) is 2.26. The summed E-state index contributed by atoms with van der Waals surface area (Å²) < 4.78 is 0. The quantitative estimate of drug-likeness (QED) is 0.258. The van der Waals surface area contributed by atoms with E-state index < -0.39 is 0 Å². The van der Waals surface area contributed by atoms with E-state index in [0.29, 0.717) is 0 Å². The summed E-state index contributed by atoms with van der Waals surface area (Å²) in [6.07, 6.45) is 10.0. The van der Waals surface area contributed by atoms with Gasteiger partial charge in [0.2, 0.25) is 0 Å². The molecule has 0 aliphatic carbocycles. The normalized spacial score (nSPS) is 11.3. The van der Waals surface area contributed by atoms with Gasteiger partial charge < -0.3 is 0 Å². The maximum absolute atomic E-state index is 5.83. The van der Waals surface area contributed by atoms with Crippen molar-refractivity contribution in [1.82, 2.24) is 0 Å². The third-order valence-corrected chi connectivity index (χ3v) is 3.71. The number of unbranched alkanes of at least 4 members (excludes halogenated alkanes) is 2. The number of benzene rings is 2. The highest BCUT2D eigenvalue weighted by Gasteiger charge is 1.94. The molecule has 2 rings (SSSR count). The first-order valence-electron chi connectivity index (χ1n) is 7.80. The van der Waals surface area contributed by atoms with E-state index in [4.69, 9.17) is 11.6 Å². The van der Waals surface area contributed by atoms with Gasteiger partial charge in [0.05, 0.1) is 12.4 Å². The summed E-state index contributed by atoms with van der Waals surface area (Å²) in [4.78, 5) is 0. The van der Waals surface area contributed by atoms with Crippen molar-refractivity contribution in [3.63, 3.8) is 0 Å². The standard InChI is InChI=1S/C20H21ClN2/c1-2-3-4-5-6-17-7-9-18(10-8-17)15-22-23-16-19-11-13-20(21)14-12-19/h2,7-16H,1,3-6H2. The SMILES string of the molecule is C=CCCCCc1ccc(C=NN=Cc2ccc(Cl)cc2)cc1. The van der Waals surface area contributed by atoms with Crippen molar-refractivity contribution in [2.45, 2.75) is 25.7 Å². The molecule has 0 unspecified atom stereocenters. The molecule has 0 aromatic heterocycles. The monoisotopic (exact) mass is 324 g/mol. The topological polar surface area (TPSA) is 24.7 Å². The van der Waals surface area contributed by atoms with Crippen molar-refractivity contribution in [3.05, 3.63) is 82.9 Å². The Morgan fingerprint density at radius 3 is 1.96 bits per heavy atom. The minimum Gasteiger partial charge on any atom is -0.159 e. The predicted octanol–water partition coefficient (Wildman–Crippen LogP) is 5.69. The zero-order chi connectivity index (χ0) is 16.3. The molecular formula is C20H21ClN2. The molecule has 23 heavy (non-hydrogen) atoms. The molecule has 0 aliphatic heterocycles. The van der Waals surface area contributed by atoms with E-state index in [2.05, 4.69) is 41.0 Å². The predicted molar refractivity (Wildman–Crippen MR) is 101 cm³/mol. The molecule has 2 aromatic rings. The van der Waals surface area contributed by atoms with Crippen LogP contribution in [-0.4, -0.2) is 12.4 Å². The van der Waals surface area contributed by atoms with Crippen LogP contribution in [0.2, 0.25) is 5.02 Å². The van der Waals surface area contributed by atoms with Crippen molar-refractivity contribution < 1.29 is 0 Å². The van der Waals surface area contributed by atoms with Crippen molar-refractivity contribution in [1.29, 1.82) is 0 Å². The van der Waals surface area contributed by atoms with E-state index in [9.17, 15) is 0 Å². The van der Waals surface area contributed by atoms with Gasteiger partial charge in [-0.25, -0.2) is 0 Å². The minimum absolute atomic E-state index is 0.718. The number of allylic oxidation sites excluding steroid dienone is 1. The van der Waals surface area contributed by atoms with Crippen molar-refractivity contribution in [2.24, 2.45) is 10.2 Å². The molecular weight excluding hydrogens is 304 g/mol. The molecule has 0 saturated heterocycles. The van der Waals surface area contributed by atoms with Crippen LogP contribution in [0.5, 0.6) is 0 Å². The largest absolute Gasteiger partial charge is 0.159 e. The van der Waals surface area contributed by atoms with Gasteiger partial charge in [0, 0.05) is 5.02 Å². The van der Waals surface area contributed by atoms with Gasteiger partial charge in [-0.15, -0.1) is 6.58 Å². The Labute approximate surface area is 143 Å². The lowest BCUT2D eigenvalue weighted by atomic mass is 10.1. The molecule has 0 radical (unpaired) electrons. The Hall–Kier alpha value is -2.19. The molecule has 0 atom stereocenters. The lowest BCUT2D eigenvalue weighted by molar-refractivity contribution is 0.748. The molecule has 118 valence electrons. The highest BCUT2D eigenvalue weighted by Crippen LogP contribution is 2.09. The van der Waals surface area contributed by atoms with Crippen LogP contribution in [0.25, 0.3) is 0 Å². The van der Waals surface area contributed by atoms with Crippen molar-refractivity contribution in [2.75, 3.05) is 0 Å². The Kier molecular flexibility index (Phi) is 7.28. The van der Waals surface area contributed by atoms with Crippen molar-refractivity contribution >= 4 is 24.0 Å². The molecule has 0 saturated carbocycles. The van der Waals surface area contributed by atoms with Crippen LogP contribution in [0, 0.1) is 0 Å². The van der Waals surface area contributed by atoms with Gasteiger partial charge in [-0.3, -0.25) is 0 Å². The number of hydrogen-bond donors (Lipinski definition) is 0. The number of rotatable bonds is 8. The summed E-state index contributed by atoms with van der Waals surface area (Å²) in [6.45, 7) is 3.74. The highest BCUT2D eigenvalue weighted by molar-refractivity contribution is 6.30. The fourth-order valence-electron chi connectivity index (χ4n) is 2.14. The number of halogens is 1. The fraction of sp³-hybridized carbons (Fsp3) is 0.200. The van der Waals surface area contributed by atoms with E-state index in [0.717, 1.165) is 29.0 Å². The van der Waals surface area contributed by atoms with Crippen LogP contribution in [-0.2, 0) is 6.42 Å². The molecule has 0 N–H and O–H groups in total. The van der Waals surface area contributed by atoms with Crippen LogP contribution in [0.1, 0.15) is 36.0 Å². The van der Waals surface area contributed by atoms with Crippen LogP contribution < -0.4 is 0 Å². The smallest absolute Gasteiger partial charge is 0.0568 e. The van der Waals surface area contributed by atoms with Gasteiger partial charge in [-0.05, 0) is 54.5 Å². The maximum Gasteiger partial charge on any atom is 0.0568 e. The van der Waals surface area contributed by atoms with Gasteiger partial charge >= 0.3 is 0 Å². The Bertz CT molecular complexity index is 655. The summed E-state index contributed by atoms with van der Waals surface area (Å²) in [5.41, 5.74) is 3.38.